The highest BCUT2D eigenvalue weighted by Gasteiger charge is 2.11. The van der Waals surface area contributed by atoms with Crippen LogP contribution < -0.4 is 0 Å². The Kier molecular flexibility index (Phi) is 5.24. The summed E-state index contributed by atoms with van der Waals surface area (Å²) in [5.41, 5.74) is 3.98. The fourth-order valence-electron chi connectivity index (χ4n) is 3.81. The smallest absolute Gasteiger partial charge is 0.346 e. The van der Waals surface area contributed by atoms with Crippen molar-refractivity contribution in [2.24, 2.45) is 0 Å². The van der Waals surface area contributed by atoms with Crippen LogP contribution in [0.15, 0.2) is 90.5 Å². The highest BCUT2D eigenvalue weighted by Crippen LogP contribution is 2.31. The molecule has 2 aromatic heterocycles. The average Bonchev–Trinajstić information content (AvgIpc) is 3.43. The molecule has 5 rings (SSSR count). The van der Waals surface area contributed by atoms with Gasteiger partial charge >= 0.3 is 5.97 Å². The fourth-order valence-corrected chi connectivity index (χ4v) is 4.61. The normalized spacial score (nSPS) is 11.2. The van der Waals surface area contributed by atoms with Gasteiger partial charge in [0.15, 0.2) is 0 Å². The largest absolute Gasteiger partial charge is 0.477 e. The number of fused-ring (bicyclic) bond motifs is 3. The lowest BCUT2D eigenvalue weighted by Gasteiger charge is -2.07. The molecule has 5 aromatic rings. The second kappa shape index (κ2) is 8.51. The molecule has 0 spiro atoms. The highest BCUT2D eigenvalue weighted by atomic mass is 32.1. The van der Waals surface area contributed by atoms with Crippen molar-refractivity contribution in [1.29, 1.82) is 5.26 Å². The third-order valence-corrected chi connectivity index (χ3v) is 6.25. The van der Waals surface area contributed by atoms with Crippen LogP contribution in [-0.4, -0.2) is 15.6 Å². The molecule has 0 atom stereocenters. The molecule has 0 radical (unpaired) electrons. The Balaban J connectivity index is 1.46. The van der Waals surface area contributed by atoms with Crippen LogP contribution in [0.25, 0.3) is 33.6 Å². The molecule has 2 heterocycles. The number of para-hydroxylation sites is 2. The molecule has 156 valence electrons. The molecular formula is C28H16N2O2S. The van der Waals surface area contributed by atoms with Crippen LogP contribution in [-0.2, 0) is 4.79 Å². The van der Waals surface area contributed by atoms with E-state index in [1.165, 1.54) is 28.2 Å². The summed E-state index contributed by atoms with van der Waals surface area (Å²) in [5, 5.41) is 20.3. The Labute approximate surface area is 194 Å². The van der Waals surface area contributed by atoms with Crippen LogP contribution in [0.2, 0.25) is 0 Å². The molecule has 3 aromatic carbocycles. The van der Waals surface area contributed by atoms with E-state index in [4.69, 9.17) is 10.4 Å². The molecule has 0 saturated heterocycles. The zero-order chi connectivity index (χ0) is 22.8. The summed E-state index contributed by atoms with van der Waals surface area (Å²) in [6, 6.07) is 30.2. The van der Waals surface area contributed by atoms with Gasteiger partial charge in [-0.05, 0) is 54.6 Å². The van der Waals surface area contributed by atoms with Crippen molar-refractivity contribution in [1.82, 2.24) is 4.57 Å². The molecule has 4 nitrogen and oxygen atoms in total. The molecule has 0 unspecified atom stereocenters. The maximum Gasteiger partial charge on any atom is 0.346 e. The van der Waals surface area contributed by atoms with Gasteiger partial charge in [0.25, 0.3) is 0 Å². The first-order valence-electron chi connectivity index (χ1n) is 10.2. The molecule has 0 amide bonds. The molecular weight excluding hydrogens is 428 g/mol. The number of carbonyl (C=O) groups is 1. The molecule has 0 aliphatic rings. The van der Waals surface area contributed by atoms with Crippen LogP contribution >= 0.6 is 11.3 Å². The van der Waals surface area contributed by atoms with E-state index in [1.54, 1.807) is 12.1 Å². The number of carboxylic acid groups (broad SMARTS) is 1. The molecule has 5 heteroatoms. The maximum absolute atomic E-state index is 11.0. The Bertz CT molecular complexity index is 1600. The second-order valence-corrected chi connectivity index (χ2v) is 8.46. The van der Waals surface area contributed by atoms with Gasteiger partial charge in [0.1, 0.15) is 11.6 Å². The molecule has 0 saturated carbocycles. The van der Waals surface area contributed by atoms with Gasteiger partial charge in [0.05, 0.1) is 15.9 Å². The minimum absolute atomic E-state index is 0.294. The van der Waals surface area contributed by atoms with Gasteiger partial charge < -0.3 is 9.67 Å². The van der Waals surface area contributed by atoms with Crippen LogP contribution in [0.1, 0.15) is 15.3 Å². The van der Waals surface area contributed by atoms with E-state index < -0.39 is 5.97 Å². The summed E-state index contributed by atoms with van der Waals surface area (Å²) >= 11 is 1.35. The summed E-state index contributed by atoms with van der Waals surface area (Å²) in [5.74, 6) is 5.04. The van der Waals surface area contributed by atoms with E-state index >= 15 is 0 Å². The Morgan fingerprint density at radius 2 is 1.48 bits per heavy atom. The lowest BCUT2D eigenvalue weighted by atomic mass is 10.2. The van der Waals surface area contributed by atoms with Gasteiger partial charge in [-0.25, -0.2) is 4.79 Å². The van der Waals surface area contributed by atoms with E-state index in [1.807, 2.05) is 18.2 Å². The first kappa shape index (κ1) is 20.3. The van der Waals surface area contributed by atoms with Crippen molar-refractivity contribution in [2.75, 3.05) is 0 Å². The first-order chi connectivity index (χ1) is 16.1. The second-order valence-electron chi connectivity index (χ2n) is 7.34. The number of hydrogen-bond acceptors (Lipinski definition) is 3. The van der Waals surface area contributed by atoms with Gasteiger partial charge in [-0.3, -0.25) is 0 Å². The number of hydrogen-bond donors (Lipinski definition) is 1. The van der Waals surface area contributed by atoms with Gasteiger partial charge in [-0.15, -0.1) is 11.3 Å². The zero-order valence-corrected chi connectivity index (χ0v) is 18.1. The molecule has 0 bridgehead atoms. The minimum Gasteiger partial charge on any atom is -0.477 e. The standard InChI is InChI=1S/C28H16N2O2S/c29-18-20(28(31)32)17-23-16-15-22(33-23)14-11-19-9-12-21(13-10-19)30-26-7-3-1-5-24(26)25-6-2-4-8-27(25)30/h1-10,12-13,15-17H,(H,31,32)/b20-17+. The number of benzene rings is 3. The minimum atomic E-state index is -1.23. The highest BCUT2D eigenvalue weighted by molar-refractivity contribution is 7.13. The Morgan fingerprint density at radius 1 is 0.848 bits per heavy atom. The number of carboxylic acids is 1. The number of nitriles is 1. The zero-order valence-electron chi connectivity index (χ0n) is 17.3. The van der Waals surface area contributed by atoms with Gasteiger partial charge in [-0.2, -0.15) is 5.26 Å². The van der Waals surface area contributed by atoms with E-state index in [9.17, 15) is 4.79 Å². The predicted molar refractivity (Wildman–Crippen MR) is 132 cm³/mol. The number of aromatic nitrogens is 1. The van der Waals surface area contributed by atoms with E-state index in [0.717, 1.165) is 27.2 Å². The molecule has 0 fully saturated rings. The summed E-state index contributed by atoms with van der Waals surface area (Å²) in [7, 11) is 0. The van der Waals surface area contributed by atoms with Gasteiger partial charge in [0.2, 0.25) is 0 Å². The van der Waals surface area contributed by atoms with Gasteiger partial charge in [-0.1, -0.05) is 48.2 Å². The Hall–Kier alpha value is -4.58. The monoisotopic (exact) mass is 444 g/mol. The first-order valence-corrected chi connectivity index (χ1v) is 11.0. The number of aliphatic carboxylic acids is 1. The topological polar surface area (TPSA) is 66.0 Å². The number of nitrogens with zero attached hydrogens (tertiary/aromatic N) is 2. The lowest BCUT2D eigenvalue weighted by Crippen LogP contribution is -1.96. The van der Waals surface area contributed by atoms with Crippen molar-refractivity contribution >= 4 is 45.2 Å². The summed E-state index contributed by atoms with van der Waals surface area (Å²) < 4.78 is 2.26. The molecule has 0 aliphatic carbocycles. The summed E-state index contributed by atoms with van der Waals surface area (Å²) in [4.78, 5) is 12.5. The molecule has 33 heavy (non-hydrogen) atoms. The third kappa shape index (κ3) is 3.90. The van der Waals surface area contributed by atoms with Gasteiger partial charge in [0, 0.05) is 26.9 Å². The average molecular weight is 445 g/mol. The van der Waals surface area contributed by atoms with Crippen molar-refractivity contribution in [3.8, 4) is 23.6 Å². The van der Waals surface area contributed by atoms with Crippen LogP contribution in [0.4, 0.5) is 0 Å². The van der Waals surface area contributed by atoms with Crippen molar-refractivity contribution in [3.05, 3.63) is 106 Å². The van der Waals surface area contributed by atoms with Crippen molar-refractivity contribution in [2.45, 2.75) is 0 Å². The predicted octanol–water partition coefficient (Wildman–Crippen LogP) is 6.24. The molecule has 1 N–H and O–H groups in total. The van der Waals surface area contributed by atoms with Crippen LogP contribution in [0.5, 0.6) is 0 Å². The van der Waals surface area contributed by atoms with Crippen molar-refractivity contribution in [3.63, 3.8) is 0 Å². The summed E-state index contributed by atoms with van der Waals surface area (Å²) in [6.45, 7) is 0. The lowest BCUT2D eigenvalue weighted by molar-refractivity contribution is -0.132. The number of rotatable bonds is 3. The van der Waals surface area contributed by atoms with E-state index in [0.29, 0.717) is 4.88 Å². The van der Waals surface area contributed by atoms with E-state index in [-0.39, 0.29) is 5.57 Å². The van der Waals surface area contributed by atoms with E-state index in [2.05, 4.69) is 77.1 Å². The van der Waals surface area contributed by atoms with Crippen LogP contribution in [0, 0.1) is 23.2 Å². The molecule has 0 aliphatic heterocycles. The fraction of sp³-hybridized carbons (Fsp3) is 0. The summed E-state index contributed by atoms with van der Waals surface area (Å²) in [6.07, 6.45) is 1.36. The quantitative estimate of drug-likeness (QED) is 0.204. The SMILES string of the molecule is N#C/C(=C\c1ccc(C#Cc2ccc(-n3c4ccccc4c4ccccc43)cc2)s1)C(=O)O. The third-order valence-electron chi connectivity index (χ3n) is 5.30. The number of thiophene rings is 1. The van der Waals surface area contributed by atoms with Crippen molar-refractivity contribution < 1.29 is 9.90 Å². The Morgan fingerprint density at radius 3 is 2.09 bits per heavy atom. The maximum atomic E-state index is 11.0. The van der Waals surface area contributed by atoms with Crippen LogP contribution in [0.3, 0.4) is 0 Å².